The molecule has 0 aliphatic rings. The summed E-state index contributed by atoms with van der Waals surface area (Å²) < 4.78 is 14.8. The lowest BCUT2D eigenvalue weighted by Crippen LogP contribution is -2.24. The maximum atomic E-state index is 13.0. The van der Waals surface area contributed by atoms with Crippen molar-refractivity contribution < 1.29 is 9.18 Å². The molecular weight excluding hydrogens is 329 g/mol. The van der Waals surface area contributed by atoms with Crippen molar-refractivity contribution in [3.8, 4) is 11.1 Å². The van der Waals surface area contributed by atoms with E-state index < -0.39 is 5.82 Å². The van der Waals surface area contributed by atoms with Crippen molar-refractivity contribution in [1.82, 2.24) is 14.9 Å². The van der Waals surface area contributed by atoms with Crippen molar-refractivity contribution >= 4 is 17.5 Å². The second-order valence-electron chi connectivity index (χ2n) is 5.38. The summed E-state index contributed by atoms with van der Waals surface area (Å²) in [6.45, 7) is 0.230. The van der Waals surface area contributed by atoms with E-state index in [-0.39, 0.29) is 12.5 Å². The number of halogens is 2. The minimum atomic E-state index is -0.403. The first-order valence-electron chi connectivity index (χ1n) is 7.33. The highest BCUT2D eigenvalue weighted by Gasteiger charge is 2.13. The Morgan fingerprint density at radius 3 is 2.67 bits per heavy atom. The SMILES string of the molecule is Cn1cc(-c2ccncc2)cc1C(=O)NCc1ccc(F)cc1Cl. The molecule has 24 heavy (non-hydrogen) atoms. The van der Waals surface area contributed by atoms with Gasteiger partial charge in [-0.15, -0.1) is 0 Å². The van der Waals surface area contributed by atoms with Crippen molar-refractivity contribution in [2.45, 2.75) is 6.54 Å². The van der Waals surface area contributed by atoms with Gasteiger partial charge in [0.25, 0.3) is 5.91 Å². The Balaban J connectivity index is 1.75. The number of carbonyl (C=O) groups is 1. The summed E-state index contributed by atoms with van der Waals surface area (Å²) in [7, 11) is 1.81. The van der Waals surface area contributed by atoms with Crippen LogP contribution in [0.4, 0.5) is 4.39 Å². The quantitative estimate of drug-likeness (QED) is 0.783. The Morgan fingerprint density at radius 2 is 1.96 bits per heavy atom. The molecule has 0 saturated carbocycles. The lowest BCUT2D eigenvalue weighted by Gasteiger charge is -2.07. The highest BCUT2D eigenvalue weighted by Crippen LogP contribution is 2.21. The fourth-order valence-corrected chi connectivity index (χ4v) is 2.66. The van der Waals surface area contributed by atoms with Gasteiger partial charge >= 0.3 is 0 Å². The van der Waals surface area contributed by atoms with Crippen LogP contribution < -0.4 is 5.32 Å². The molecule has 2 aromatic heterocycles. The predicted molar refractivity (Wildman–Crippen MR) is 91.2 cm³/mol. The number of hydrogen-bond acceptors (Lipinski definition) is 2. The van der Waals surface area contributed by atoms with Crippen LogP contribution in [0.1, 0.15) is 16.1 Å². The molecule has 1 aromatic carbocycles. The molecule has 3 rings (SSSR count). The third-order valence-electron chi connectivity index (χ3n) is 3.71. The molecule has 0 spiro atoms. The van der Waals surface area contributed by atoms with Gasteiger partial charge in [0.15, 0.2) is 0 Å². The van der Waals surface area contributed by atoms with Crippen LogP contribution in [0, 0.1) is 5.82 Å². The minimum Gasteiger partial charge on any atom is -0.347 e. The van der Waals surface area contributed by atoms with Gasteiger partial charge in [0.2, 0.25) is 0 Å². The summed E-state index contributed by atoms with van der Waals surface area (Å²) >= 11 is 5.97. The maximum absolute atomic E-state index is 13.0. The molecule has 0 atom stereocenters. The molecule has 3 aromatic rings. The summed E-state index contributed by atoms with van der Waals surface area (Å²) in [5.41, 5.74) is 3.11. The lowest BCUT2D eigenvalue weighted by atomic mass is 10.1. The average Bonchev–Trinajstić information content (AvgIpc) is 2.96. The monoisotopic (exact) mass is 343 g/mol. The number of nitrogens with zero attached hydrogens (tertiary/aromatic N) is 2. The average molecular weight is 344 g/mol. The molecule has 1 N–H and O–H groups in total. The van der Waals surface area contributed by atoms with E-state index in [0.29, 0.717) is 16.3 Å². The molecular formula is C18H15ClFN3O. The molecule has 0 aliphatic heterocycles. The van der Waals surface area contributed by atoms with Gasteiger partial charge in [-0.05, 0) is 41.5 Å². The molecule has 0 aliphatic carbocycles. The van der Waals surface area contributed by atoms with E-state index in [0.717, 1.165) is 11.1 Å². The Labute approximate surface area is 143 Å². The number of pyridine rings is 1. The van der Waals surface area contributed by atoms with E-state index in [1.165, 1.54) is 12.1 Å². The van der Waals surface area contributed by atoms with Crippen molar-refractivity contribution in [2.75, 3.05) is 0 Å². The van der Waals surface area contributed by atoms with E-state index in [1.54, 1.807) is 23.0 Å². The molecule has 0 fully saturated rings. The third-order valence-corrected chi connectivity index (χ3v) is 4.06. The smallest absolute Gasteiger partial charge is 0.268 e. The van der Waals surface area contributed by atoms with Crippen molar-refractivity contribution in [1.29, 1.82) is 0 Å². The second-order valence-corrected chi connectivity index (χ2v) is 5.79. The summed E-state index contributed by atoms with van der Waals surface area (Å²) in [5.74, 6) is -0.627. The third kappa shape index (κ3) is 3.46. The molecule has 0 saturated heterocycles. The van der Waals surface area contributed by atoms with Gasteiger partial charge in [0, 0.05) is 42.8 Å². The molecule has 4 nitrogen and oxygen atoms in total. The summed E-state index contributed by atoms with van der Waals surface area (Å²) in [5, 5.41) is 3.09. The first-order chi connectivity index (χ1) is 11.5. The van der Waals surface area contributed by atoms with Crippen LogP contribution in [0.2, 0.25) is 5.02 Å². The van der Waals surface area contributed by atoms with Crippen LogP contribution in [0.5, 0.6) is 0 Å². The number of hydrogen-bond donors (Lipinski definition) is 1. The number of aryl methyl sites for hydroxylation is 1. The Bertz CT molecular complexity index is 877. The van der Waals surface area contributed by atoms with E-state index in [4.69, 9.17) is 11.6 Å². The highest BCUT2D eigenvalue weighted by molar-refractivity contribution is 6.31. The van der Waals surface area contributed by atoms with Gasteiger partial charge in [0.1, 0.15) is 11.5 Å². The molecule has 2 heterocycles. The first kappa shape index (κ1) is 16.2. The molecule has 122 valence electrons. The Morgan fingerprint density at radius 1 is 1.21 bits per heavy atom. The Hall–Kier alpha value is -2.66. The van der Waals surface area contributed by atoms with E-state index in [9.17, 15) is 9.18 Å². The van der Waals surface area contributed by atoms with Crippen LogP contribution in [0.25, 0.3) is 11.1 Å². The molecule has 0 radical (unpaired) electrons. The maximum Gasteiger partial charge on any atom is 0.268 e. The van der Waals surface area contributed by atoms with Crippen LogP contribution in [-0.2, 0) is 13.6 Å². The van der Waals surface area contributed by atoms with Crippen LogP contribution in [0.3, 0.4) is 0 Å². The van der Waals surface area contributed by atoms with E-state index in [1.807, 2.05) is 31.4 Å². The first-order valence-corrected chi connectivity index (χ1v) is 7.71. The summed E-state index contributed by atoms with van der Waals surface area (Å²) in [6.07, 6.45) is 5.30. The summed E-state index contributed by atoms with van der Waals surface area (Å²) in [6, 6.07) is 9.69. The molecule has 6 heteroatoms. The van der Waals surface area contributed by atoms with Crippen molar-refractivity contribution in [2.24, 2.45) is 7.05 Å². The van der Waals surface area contributed by atoms with E-state index in [2.05, 4.69) is 10.3 Å². The molecule has 1 amide bonds. The number of benzene rings is 1. The fraction of sp³-hybridized carbons (Fsp3) is 0.111. The lowest BCUT2D eigenvalue weighted by molar-refractivity contribution is 0.0943. The number of amides is 1. The van der Waals surface area contributed by atoms with Crippen LogP contribution in [-0.4, -0.2) is 15.5 Å². The van der Waals surface area contributed by atoms with Gasteiger partial charge < -0.3 is 9.88 Å². The number of nitrogens with one attached hydrogen (secondary N) is 1. The minimum absolute atomic E-state index is 0.224. The standard InChI is InChI=1S/C18H15ClFN3O/c1-23-11-14(12-4-6-21-7-5-12)8-17(23)18(24)22-10-13-2-3-15(20)9-16(13)19/h2-9,11H,10H2,1H3,(H,22,24). The highest BCUT2D eigenvalue weighted by atomic mass is 35.5. The van der Waals surface area contributed by atoms with Gasteiger partial charge in [-0.1, -0.05) is 17.7 Å². The predicted octanol–water partition coefficient (Wildman–Crippen LogP) is 3.81. The van der Waals surface area contributed by atoms with Crippen molar-refractivity contribution in [3.05, 3.63) is 77.1 Å². The number of rotatable bonds is 4. The van der Waals surface area contributed by atoms with Gasteiger partial charge in [0.05, 0.1) is 0 Å². The van der Waals surface area contributed by atoms with Gasteiger partial charge in [-0.25, -0.2) is 4.39 Å². The number of aromatic nitrogens is 2. The zero-order chi connectivity index (χ0) is 17.1. The zero-order valence-corrected chi connectivity index (χ0v) is 13.7. The zero-order valence-electron chi connectivity index (χ0n) is 13.0. The largest absolute Gasteiger partial charge is 0.347 e. The Kier molecular flexibility index (Phi) is 4.62. The van der Waals surface area contributed by atoms with Crippen LogP contribution in [0.15, 0.2) is 55.0 Å². The topological polar surface area (TPSA) is 46.9 Å². The van der Waals surface area contributed by atoms with E-state index >= 15 is 0 Å². The van der Waals surface area contributed by atoms with Crippen LogP contribution >= 0.6 is 11.6 Å². The van der Waals surface area contributed by atoms with Gasteiger partial charge in [-0.3, -0.25) is 9.78 Å². The number of carbonyl (C=O) groups excluding carboxylic acids is 1. The summed E-state index contributed by atoms with van der Waals surface area (Å²) in [4.78, 5) is 16.4. The van der Waals surface area contributed by atoms with Crippen molar-refractivity contribution in [3.63, 3.8) is 0 Å². The normalized spacial score (nSPS) is 10.6. The van der Waals surface area contributed by atoms with Gasteiger partial charge in [-0.2, -0.15) is 0 Å². The second kappa shape index (κ2) is 6.84. The molecule has 0 bridgehead atoms. The molecule has 0 unspecified atom stereocenters. The fourth-order valence-electron chi connectivity index (χ4n) is 2.42.